The molecule has 2 aromatic rings. The summed E-state index contributed by atoms with van der Waals surface area (Å²) >= 11 is 1.49. The molecule has 1 saturated heterocycles. The number of benzene rings is 1. The van der Waals surface area contributed by atoms with Crippen molar-refractivity contribution in [2.45, 2.75) is 33.2 Å². The van der Waals surface area contributed by atoms with Crippen LogP contribution in [0.3, 0.4) is 0 Å². The van der Waals surface area contributed by atoms with Crippen LogP contribution in [0, 0.1) is 20.8 Å². The molecule has 1 aliphatic rings. The van der Waals surface area contributed by atoms with Gasteiger partial charge in [0.2, 0.25) is 0 Å². The number of carbonyl (C=O) groups excluding carboxylic acids is 2. The highest BCUT2D eigenvalue weighted by atomic mass is 32.1. The summed E-state index contributed by atoms with van der Waals surface area (Å²) < 4.78 is 5.53. The van der Waals surface area contributed by atoms with Gasteiger partial charge in [0.1, 0.15) is 11.5 Å². The largest absolute Gasteiger partial charge is 0.507 e. The van der Waals surface area contributed by atoms with Gasteiger partial charge in [0.25, 0.3) is 11.7 Å². The first-order chi connectivity index (χ1) is 14.7. The molecule has 0 saturated carbocycles. The molecule has 6 nitrogen and oxygen atoms in total. The molecule has 1 unspecified atom stereocenters. The number of methoxy groups -OCH3 is 1. The van der Waals surface area contributed by atoms with Gasteiger partial charge in [-0.1, -0.05) is 6.07 Å². The SMILES string of the molecule is COc1c(C)cc(C)cc1/C(O)=C1\C(=O)C(=O)N(CCCN(C)C)C1c1sccc1C. The number of rotatable bonds is 7. The van der Waals surface area contributed by atoms with Crippen LogP contribution in [0.1, 0.15) is 39.6 Å². The van der Waals surface area contributed by atoms with E-state index in [2.05, 4.69) is 0 Å². The number of hydrogen-bond acceptors (Lipinski definition) is 6. The Hall–Kier alpha value is -2.64. The molecule has 0 aliphatic carbocycles. The second-order valence-corrected chi connectivity index (χ2v) is 9.23. The number of nitrogens with zero attached hydrogens (tertiary/aromatic N) is 2. The summed E-state index contributed by atoms with van der Waals surface area (Å²) in [4.78, 5) is 30.7. The molecule has 2 heterocycles. The van der Waals surface area contributed by atoms with Gasteiger partial charge in [0.05, 0.1) is 24.3 Å². The number of ether oxygens (including phenoxy) is 1. The van der Waals surface area contributed by atoms with Crippen LogP contribution in [0.5, 0.6) is 5.75 Å². The van der Waals surface area contributed by atoms with E-state index in [4.69, 9.17) is 4.74 Å². The fourth-order valence-corrected chi connectivity index (χ4v) is 5.20. The molecule has 31 heavy (non-hydrogen) atoms. The van der Waals surface area contributed by atoms with Gasteiger partial charge in [-0.3, -0.25) is 9.59 Å². The molecule has 3 rings (SSSR count). The fraction of sp³-hybridized carbons (Fsp3) is 0.417. The van der Waals surface area contributed by atoms with Crippen LogP contribution in [-0.2, 0) is 9.59 Å². The van der Waals surface area contributed by atoms with Crippen LogP contribution in [-0.4, -0.2) is 60.9 Å². The van der Waals surface area contributed by atoms with Crippen molar-refractivity contribution >= 4 is 28.8 Å². The Bertz CT molecular complexity index is 1040. The van der Waals surface area contributed by atoms with Gasteiger partial charge in [-0.05, 0) is 82.0 Å². The van der Waals surface area contributed by atoms with E-state index in [1.165, 1.54) is 18.4 Å². The second-order valence-electron chi connectivity index (χ2n) is 8.28. The molecule has 0 bridgehead atoms. The highest BCUT2D eigenvalue weighted by Crippen LogP contribution is 2.44. The lowest BCUT2D eigenvalue weighted by atomic mass is 9.96. The molecular formula is C24H30N2O4S. The zero-order chi connectivity index (χ0) is 22.9. The molecule has 166 valence electrons. The Balaban J connectivity index is 2.18. The Labute approximate surface area is 187 Å². The summed E-state index contributed by atoms with van der Waals surface area (Å²) in [5, 5.41) is 13.3. The van der Waals surface area contributed by atoms with Crippen molar-refractivity contribution in [2.75, 3.05) is 34.3 Å². The number of ketones is 1. The van der Waals surface area contributed by atoms with Crippen LogP contribution < -0.4 is 4.74 Å². The van der Waals surface area contributed by atoms with Gasteiger partial charge in [-0.15, -0.1) is 11.3 Å². The maximum Gasteiger partial charge on any atom is 0.295 e. The van der Waals surface area contributed by atoms with Crippen molar-refractivity contribution in [3.8, 4) is 5.75 Å². The molecule has 1 fully saturated rings. The van der Waals surface area contributed by atoms with Crippen LogP contribution in [0.2, 0.25) is 0 Å². The van der Waals surface area contributed by atoms with E-state index in [9.17, 15) is 14.7 Å². The van der Waals surface area contributed by atoms with E-state index < -0.39 is 17.7 Å². The molecule has 1 amide bonds. The van der Waals surface area contributed by atoms with Gasteiger partial charge >= 0.3 is 0 Å². The molecule has 0 radical (unpaired) electrons. The summed E-state index contributed by atoms with van der Waals surface area (Å²) in [7, 11) is 5.48. The lowest BCUT2D eigenvalue weighted by Crippen LogP contribution is -2.32. The third-order valence-corrected chi connectivity index (χ3v) is 6.64. The number of hydrogen-bond donors (Lipinski definition) is 1. The normalized spacial score (nSPS) is 18.3. The molecule has 1 aliphatic heterocycles. The molecule has 7 heteroatoms. The molecule has 1 atom stereocenters. The highest BCUT2D eigenvalue weighted by molar-refractivity contribution is 7.10. The molecule has 0 spiro atoms. The number of likely N-dealkylation sites (tertiary alicyclic amines) is 1. The quantitative estimate of drug-likeness (QED) is 0.398. The van der Waals surface area contributed by atoms with E-state index >= 15 is 0 Å². The maximum absolute atomic E-state index is 13.2. The summed E-state index contributed by atoms with van der Waals surface area (Å²) in [5.41, 5.74) is 3.35. The maximum atomic E-state index is 13.2. The number of amides is 1. The van der Waals surface area contributed by atoms with Crippen molar-refractivity contribution < 1.29 is 19.4 Å². The zero-order valence-corrected chi connectivity index (χ0v) is 19.8. The van der Waals surface area contributed by atoms with Crippen molar-refractivity contribution in [3.63, 3.8) is 0 Å². The first-order valence-corrected chi connectivity index (χ1v) is 11.2. The predicted molar refractivity (Wildman–Crippen MR) is 124 cm³/mol. The zero-order valence-electron chi connectivity index (χ0n) is 19.0. The van der Waals surface area contributed by atoms with Gasteiger partial charge in [-0.25, -0.2) is 0 Å². The number of carbonyl (C=O) groups is 2. The third kappa shape index (κ3) is 4.38. The predicted octanol–water partition coefficient (Wildman–Crippen LogP) is 4.06. The highest BCUT2D eigenvalue weighted by Gasteiger charge is 2.47. The summed E-state index contributed by atoms with van der Waals surface area (Å²) in [5.74, 6) is -0.902. The van der Waals surface area contributed by atoms with Crippen molar-refractivity contribution in [2.24, 2.45) is 0 Å². The number of aryl methyl sites for hydroxylation is 3. The topological polar surface area (TPSA) is 70.1 Å². The first kappa shape index (κ1) is 23.0. The van der Waals surface area contributed by atoms with Crippen LogP contribution >= 0.6 is 11.3 Å². The third-order valence-electron chi connectivity index (χ3n) is 5.57. The second kappa shape index (κ2) is 9.24. The summed E-state index contributed by atoms with van der Waals surface area (Å²) in [6.45, 7) is 7.01. The number of aliphatic hydroxyl groups excluding tert-OH is 1. The fourth-order valence-electron chi connectivity index (χ4n) is 4.15. The van der Waals surface area contributed by atoms with E-state index in [0.29, 0.717) is 17.9 Å². The van der Waals surface area contributed by atoms with E-state index in [0.717, 1.165) is 34.5 Å². The van der Waals surface area contributed by atoms with Crippen molar-refractivity contribution in [1.29, 1.82) is 0 Å². The molecule has 1 aromatic carbocycles. The van der Waals surface area contributed by atoms with Gasteiger partial charge in [0.15, 0.2) is 0 Å². The van der Waals surface area contributed by atoms with E-state index in [1.807, 2.05) is 57.3 Å². The minimum atomic E-state index is -0.652. The Kier molecular flexibility index (Phi) is 6.86. The van der Waals surface area contributed by atoms with Crippen LogP contribution in [0.25, 0.3) is 5.76 Å². The molecule has 1 aromatic heterocycles. The van der Waals surface area contributed by atoms with Crippen molar-refractivity contribution in [3.05, 3.63) is 56.3 Å². The first-order valence-electron chi connectivity index (χ1n) is 10.3. The minimum absolute atomic E-state index is 0.128. The van der Waals surface area contributed by atoms with Gasteiger partial charge in [-0.2, -0.15) is 0 Å². The van der Waals surface area contributed by atoms with Crippen molar-refractivity contribution in [1.82, 2.24) is 9.80 Å². The van der Waals surface area contributed by atoms with Gasteiger partial charge < -0.3 is 19.6 Å². The van der Waals surface area contributed by atoms with Crippen LogP contribution in [0.4, 0.5) is 0 Å². The summed E-state index contributed by atoms with van der Waals surface area (Å²) in [6.07, 6.45) is 0.730. The number of thiophene rings is 1. The van der Waals surface area contributed by atoms with Crippen LogP contribution in [0.15, 0.2) is 29.2 Å². The Morgan fingerprint density at radius 1 is 1.19 bits per heavy atom. The lowest BCUT2D eigenvalue weighted by molar-refractivity contribution is -0.139. The van der Waals surface area contributed by atoms with Gasteiger partial charge in [0, 0.05) is 11.4 Å². The standard InChI is InChI=1S/C24H30N2O4S/c1-14-12-16(3)22(30-6)17(13-14)20(27)18-19(23-15(2)8-11-31-23)26(24(29)21(18)28)10-7-9-25(4)5/h8,11-13,19,27H,7,9-10H2,1-6H3/b20-18+. The Morgan fingerprint density at radius 3 is 2.48 bits per heavy atom. The lowest BCUT2D eigenvalue weighted by Gasteiger charge is -2.25. The smallest absolute Gasteiger partial charge is 0.295 e. The summed E-state index contributed by atoms with van der Waals surface area (Å²) in [6, 6.07) is 5.11. The Morgan fingerprint density at radius 2 is 1.90 bits per heavy atom. The monoisotopic (exact) mass is 442 g/mol. The van der Waals surface area contributed by atoms with E-state index in [1.54, 1.807) is 11.0 Å². The minimum Gasteiger partial charge on any atom is -0.507 e. The number of aliphatic hydroxyl groups is 1. The molecular weight excluding hydrogens is 412 g/mol. The number of Topliss-reactive ketones (excluding diaryl/α,β-unsaturated/α-hetero) is 1. The van der Waals surface area contributed by atoms with E-state index in [-0.39, 0.29) is 11.3 Å². The average molecular weight is 443 g/mol. The molecule has 1 N–H and O–H groups in total. The average Bonchev–Trinajstić information content (AvgIpc) is 3.22.